The number of aromatic nitrogens is 4. The smallest absolute Gasteiger partial charge is 0.0850 e. The number of nitrogens with zero attached hydrogens (tertiary/aromatic N) is 4. The maximum absolute atomic E-state index is 6.44. The molecular weight excluding hydrogens is 286 g/mol. The second-order valence-corrected chi connectivity index (χ2v) is 5.59. The minimum atomic E-state index is -0.164. The molecular formula is C15H22ClN5. The first kappa shape index (κ1) is 15.9. The largest absolute Gasteiger partial charge is 0.324 e. The van der Waals surface area contributed by atoms with E-state index in [0.29, 0.717) is 6.42 Å². The zero-order valence-electron chi connectivity index (χ0n) is 13.0. The first-order valence-electron chi connectivity index (χ1n) is 7.28. The van der Waals surface area contributed by atoms with Gasteiger partial charge in [-0.2, -0.15) is 15.3 Å². The highest BCUT2D eigenvalue weighted by molar-refractivity contribution is 6.31. The first-order chi connectivity index (χ1) is 9.97. The summed E-state index contributed by atoms with van der Waals surface area (Å²) in [7, 11) is 0. The van der Waals surface area contributed by atoms with Crippen molar-refractivity contribution in [2.75, 3.05) is 0 Å². The fourth-order valence-electron chi connectivity index (χ4n) is 2.48. The molecule has 0 radical (unpaired) electrons. The molecule has 0 spiro atoms. The van der Waals surface area contributed by atoms with Gasteiger partial charge in [0.1, 0.15) is 0 Å². The van der Waals surface area contributed by atoms with Gasteiger partial charge in [0, 0.05) is 19.0 Å². The fourth-order valence-corrected chi connectivity index (χ4v) is 2.82. The molecule has 1 unspecified atom stereocenters. The lowest BCUT2D eigenvalue weighted by Crippen LogP contribution is -2.18. The molecule has 2 rings (SSSR count). The lowest BCUT2D eigenvalue weighted by molar-refractivity contribution is 0.582. The molecule has 2 aromatic heterocycles. The molecule has 6 heteroatoms. The van der Waals surface area contributed by atoms with Gasteiger partial charge in [-0.3, -0.25) is 4.68 Å². The summed E-state index contributed by atoms with van der Waals surface area (Å²) in [5.74, 6) is 0. The predicted octanol–water partition coefficient (Wildman–Crippen LogP) is 2.77. The molecule has 21 heavy (non-hydrogen) atoms. The maximum Gasteiger partial charge on any atom is 0.0850 e. The maximum atomic E-state index is 6.44. The van der Waals surface area contributed by atoms with Crippen LogP contribution in [0.3, 0.4) is 0 Å². The van der Waals surface area contributed by atoms with Crippen LogP contribution in [-0.2, 0) is 19.4 Å². The van der Waals surface area contributed by atoms with E-state index in [4.69, 9.17) is 17.3 Å². The van der Waals surface area contributed by atoms with E-state index in [1.54, 1.807) is 0 Å². The van der Waals surface area contributed by atoms with E-state index in [2.05, 4.69) is 29.1 Å². The van der Waals surface area contributed by atoms with Crippen molar-refractivity contribution in [3.05, 3.63) is 39.4 Å². The standard InChI is InChI=1S/C15H22ClN5/c1-5-13-15(16)14(21(6-2)20-13)8-12(17)11-7-9(3)18-19-10(11)4/h7,12H,5-6,8,17H2,1-4H3. The van der Waals surface area contributed by atoms with E-state index < -0.39 is 0 Å². The Kier molecular flexibility index (Phi) is 4.96. The number of hydrogen-bond donors (Lipinski definition) is 1. The summed E-state index contributed by atoms with van der Waals surface area (Å²) in [5, 5.41) is 13.5. The third-order valence-corrected chi connectivity index (χ3v) is 4.08. The van der Waals surface area contributed by atoms with Crippen molar-refractivity contribution in [2.45, 2.75) is 53.1 Å². The van der Waals surface area contributed by atoms with Crippen LogP contribution in [0.1, 0.15) is 48.2 Å². The fraction of sp³-hybridized carbons (Fsp3) is 0.533. The average Bonchev–Trinajstić information content (AvgIpc) is 2.77. The van der Waals surface area contributed by atoms with Crippen LogP contribution in [0.4, 0.5) is 0 Å². The van der Waals surface area contributed by atoms with Crippen LogP contribution in [0.2, 0.25) is 5.02 Å². The Morgan fingerprint density at radius 2 is 2.00 bits per heavy atom. The molecule has 0 bridgehead atoms. The number of aryl methyl sites for hydroxylation is 4. The molecule has 0 saturated heterocycles. The second kappa shape index (κ2) is 6.54. The van der Waals surface area contributed by atoms with Crippen molar-refractivity contribution in [3.8, 4) is 0 Å². The van der Waals surface area contributed by atoms with Gasteiger partial charge in [0.25, 0.3) is 0 Å². The van der Waals surface area contributed by atoms with Crippen LogP contribution in [0.15, 0.2) is 6.07 Å². The number of hydrogen-bond acceptors (Lipinski definition) is 4. The van der Waals surface area contributed by atoms with E-state index in [1.165, 1.54) is 0 Å². The van der Waals surface area contributed by atoms with Crippen LogP contribution in [0.5, 0.6) is 0 Å². The Bertz CT molecular complexity index is 635. The van der Waals surface area contributed by atoms with Gasteiger partial charge in [-0.05, 0) is 38.8 Å². The summed E-state index contributed by atoms with van der Waals surface area (Å²) in [4.78, 5) is 0. The summed E-state index contributed by atoms with van der Waals surface area (Å²) in [6.45, 7) is 8.74. The minimum Gasteiger partial charge on any atom is -0.324 e. The Morgan fingerprint density at radius 3 is 2.62 bits per heavy atom. The molecule has 114 valence electrons. The van der Waals surface area contributed by atoms with E-state index in [0.717, 1.165) is 46.3 Å². The summed E-state index contributed by atoms with van der Waals surface area (Å²) in [5.41, 5.74) is 11.1. The minimum absolute atomic E-state index is 0.164. The average molecular weight is 308 g/mol. The highest BCUT2D eigenvalue weighted by Crippen LogP contribution is 2.26. The highest BCUT2D eigenvalue weighted by atomic mass is 35.5. The molecule has 0 aliphatic carbocycles. The number of rotatable bonds is 5. The van der Waals surface area contributed by atoms with Gasteiger partial charge in [0.05, 0.1) is 27.8 Å². The molecule has 0 aromatic carbocycles. The van der Waals surface area contributed by atoms with Crippen LogP contribution < -0.4 is 5.73 Å². The van der Waals surface area contributed by atoms with Crippen LogP contribution in [0.25, 0.3) is 0 Å². The second-order valence-electron chi connectivity index (χ2n) is 5.21. The molecule has 2 N–H and O–H groups in total. The summed E-state index contributed by atoms with van der Waals surface area (Å²) < 4.78 is 1.94. The van der Waals surface area contributed by atoms with Gasteiger partial charge in [0.15, 0.2) is 0 Å². The first-order valence-corrected chi connectivity index (χ1v) is 7.66. The Morgan fingerprint density at radius 1 is 1.29 bits per heavy atom. The van der Waals surface area contributed by atoms with Crippen molar-refractivity contribution >= 4 is 11.6 Å². The third kappa shape index (κ3) is 3.24. The third-order valence-electron chi connectivity index (χ3n) is 3.65. The SMILES string of the molecule is CCc1nn(CC)c(CC(N)c2cc(C)nnc2C)c1Cl. The molecule has 2 heterocycles. The lowest BCUT2D eigenvalue weighted by Gasteiger charge is -2.15. The number of nitrogens with two attached hydrogens (primary N) is 1. The van der Waals surface area contributed by atoms with E-state index >= 15 is 0 Å². The molecule has 0 aliphatic heterocycles. The molecule has 5 nitrogen and oxygen atoms in total. The summed E-state index contributed by atoms with van der Waals surface area (Å²) in [6, 6.07) is 1.83. The Balaban J connectivity index is 2.33. The van der Waals surface area contributed by atoms with Gasteiger partial charge >= 0.3 is 0 Å². The van der Waals surface area contributed by atoms with Crippen LogP contribution in [0, 0.1) is 13.8 Å². The molecule has 2 aromatic rings. The van der Waals surface area contributed by atoms with E-state index in [-0.39, 0.29) is 6.04 Å². The molecule has 1 atom stereocenters. The van der Waals surface area contributed by atoms with Gasteiger partial charge < -0.3 is 5.73 Å². The van der Waals surface area contributed by atoms with Crippen molar-refractivity contribution in [1.29, 1.82) is 0 Å². The molecule has 0 aliphatic rings. The van der Waals surface area contributed by atoms with Gasteiger partial charge in [-0.15, -0.1) is 0 Å². The Hall–Kier alpha value is -1.46. The van der Waals surface area contributed by atoms with Crippen molar-refractivity contribution in [1.82, 2.24) is 20.0 Å². The van der Waals surface area contributed by atoms with Crippen molar-refractivity contribution < 1.29 is 0 Å². The zero-order valence-corrected chi connectivity index (χ0v) is 13.8. The summed E-state index contributed by atoms with van der Waals surface area (Å²) >= 11 is 6.44. The Labute approximate surface area is 130 Å². The monoisotopic (exact) mass is 307 g/mol. The summed E-state index contributed by atoms with van der Waals surface area (Å²) in [6.07, 6.45) is 1.47. The normalized spacial score (nSPS) is 12.7. The quantitative estimate of drug-likeness (QED) is 0.922. The van der Waals surface area contributed by atoms with Crippen LogP contribution >= 0.6 is 11.6 Å². The van der Waals surface area contributed by atoms with Gasteiger partial charge in [-0.1, -0.05) is 18.5 Å². The molecule has 0 amide bonds. The lowest BCUT2D eigenvalue weighted by atomic mass is 10.0. The zero-order chi connectivity index (χ0) is 15.6. The predicted molar refractivity (Wildman–Crippen MR) is 84.4 cm³/mol. The highest BCUT2D eigenvalue weighted by Gasteiger charge is 2.19. The molecule has 0 saturated carbocycles. The topological polar surface area (TPSA) is 69.6 Å². The van der Waals surface area contributed by atoms with E-state index in [9.17, 15) is 0 Å². The van der Waals surface area contributed by atoms with Crippen molar-refractivity contribution in [3.63, 3.8) is 0 Å². The van der Waals surface area contributed by atoms with Gasteiger partial charge in [0.2, 0.25) is 0 Å². The van der Waals surface area contributed by atoms with Crippen molar-refractivity contribution in [2.24, 2.45) is 5.73 Å². The number of halogens is 1. The van der Waals surface area contributed by atoms with Gasteiger partial charge in [-0.25, -0.2) is 0 Å². The molecule has 0 fully saturated rings. The van der Waals surface area contributed by atoms with Crippen LogP contribution in [-0.4, -0.2) is 20.0 Å². The van der Waals surface area contributed by atoms with E-state index in [1.807, 2.05) is 24.6 Å².